The molecule has 1 atom stereocenters. The van der Waals surface area contributed by atoms with E-state index in [1.54, 1.807) is 6.92 Å². The lowest BCUT2D eigenvalue weighted by molar-refractivity contribution is 0.602. The Morgan fingerprint density at radius 1 is 1.46 bits per heavy atom. The van der Waals surface area contributed by atoms with E-state index in [1.807, 2.05) is 0 Å². The standard InChI is InChI=1S/C6H12O4S3/c1-2-13(9,10)11-6-3-4-12(7,8)5-6/h6H,2-5H2,1H3. The lowest BCUT2D eigenvalue weighted by Crippen LogP contribution is -2.10. The Kier molecular flexibility index (Phi) is 3.29. The van der Waals surface area contributed by atoms with Gasteiger partial charge in [-0.05, 0) is 17.2 Å². The summed E-state index contributed by atoms with van der Waals surface area (Å²) in [6.07, 6.45) is 0.465. The Hall–Kier alpha value is 0.250. The van der Waals surface area contributed by atoms with Crippen molar-refractivity contribution in [3.63, 3.8) is 0 Å². The van der Waals surface area contributed by atoms with Gasteiger partial charge in [0.1, 0.15) is 0 Å². The van der Waals surface area contributed by atoms with E-state index < -0.39 is 18.7 Å². The van der Waals surface area contributed by atoms with Crippen molar-refractivity contribution in [2.24, 2.45) is 0 Å². The average Bonchev–Trinajstić information content (AvgIpc) is 2.29. The monoisotopic (exact) mass is 244 g/mol. The lowest BCUT2D eigenvalue weighted by atomic mass is 10.4. The van der Waals surface area contributed by atoms with Crippen molar-refractivity contribution in [3.05, 3.63) is 0 Å². The molecule has 0 aromatic carbocycles. The quantitative estimate of drug-likeness (QED) is 0.666. The Bertz CT molecular complexity index is 367. The number of sulfone groups is 1. The predicted molar refractivity (Wildman–Crippen MR) is 54.1 cm³/mol. The highest BCUT2D eigenvalue weighted by Gasteiger charge is 2.31. The molecule has 1 aliphatic heterocycles. The Morgan fingerprint density at radius 3 is 2.46 bits per heavy atom. The molecule has 1 unspecified atom stereocenters. The van der Waals surface area contributed by atoms with Crippen LogP contribution >= 0.6 is 10.8 Å². The summed E-state index contributed by atoms with van der Waals surface area (Å²) in [6, 6.07) is 0. The molecule has 13 heavy (non-hydrogen) atoms. The van der Waals surface area contributed by atoms with E-state index in [1.165, 1.54) is 0 Å². The van der Waals surface area contributed by atoms with Gasteiger partial charge < -0.3 is 0 Å². The lowest BCUT2D eigenvalue weighted by Gasteiger charge is -2.05. The highest BCUT2D eigenvalue weighted by atomic mass is 33.1. The molecule has 0 N–H and O–H groups in total. The van der Waals surface area contributed by atoms with Crippen LogP contribution in [0, 0.1) is 0 Å². The molecule has 0 saturated carbocycles. The second-order valence-electron chi connectivity index (χ2n) is 2.97. The minimum absolute atomic E-state index is 0.0108. The van der Waals surface area contributed by atoms with Crippen LogP contribution in [0.25, 0.3) is 0 Å². The van der Waals surface area contributed by atoms with Crippen molar-refractivity contribution in [2.45, 2.75) is 18.6 Å². The van der Waals surface area contributed by atoms with Gasteiger partial charge in [-0.15, -0.1) is 0 Å². The summed E-state index contributed by atoms with van der Waals surface area (Å²) in [7, 11) is -5.26. The van der Waals surface area contributed by atoms with Crippen LogP contribution in [0.1, 0.15) is 13.3 Å². The van der Waals surface area contributed by atoms with Gasteiger partial charge in [-0.1, -0.05) is 6.92 Å². The first-order chi connectivity index (χ1) is 5.85. The van der Waals surface area contributed by atoms with Gasteiger partial charge in [-0.25, -0.2) is 16.8 Å². The van der Waals surface area contributed by atoms with Crippen molar-refractivity contribution in [1.82, 2.24) is 0 Å². The van der Waals surface area contributed by atoms with Gasteiger partial charge in [0, 0.05) is 5.25 Å². The summed E-state index contributed by atoms with van der Waals surface area (Å²) >= 11 is 0. The van der Waals surface area contributed by atoms with E-state index in [9.17, 15) is 16.8 Å². The average molecular weight is 244 g/mol. The molecule has 7 heteroatoms. The highest BCUT2D eigenvalue weighted by molar-refractivity contribution is 8.72. The van der Waals surface area contributed by atoms with Gasteiger partial charge in [0.15, 0.2) is 9.84 Å². The fourth-order valence-corrected chi connectivity index (χ4v) is 6.85. The van der Waals surface area contributed by atoms with Crippen molar-refractivity contribution >= 4 is 29.5 Å². The molecule has 0 radical (unpaired) electrons. The predicted octanol–water partition coefficient (Wildman–Crippen LogP) is 0.256. The first-order valence-corrected chi connectivity index (χ1v) is 8.83. The van der Waals surface area contributed by atoms with E-state index in [2.05, 4.69) is 0 Å². The summed E-state index contributed by atoms with van der Waals surface area (Å²) in [6.45, 7) is 1.56. The Labute approximate surface area is 82.3 Å². The van der Waals surface area contributed by atoms with Gasteiger partial charge in [0.2, 0.25) is 8.87 Å². The van der Waals surface area contributed by atoms with E-state index in [0.717, 1.165) is 10.8 Å². The Morgan fingerprint density at radius 2 is 2.08 bits per heavy atom. The van der Waals surface area contributed by atoms with Crippen LogP contribution in [0.3, 0.4) is 0 Å². The maximum Gasteiger partial charge on any atom is 0.201 e. The molecule has 0 aliphatic carbocycles. The molecular weight excluding hydrogens is 232 g/mol. The molecule has 78 valence electrons. The van der Waals surface area contributed by atoms with Crippen LogP contribution in [0.2, 0.25) is 0 Å². The van der Waals surface area contributed by atoms with E-state index in [-0.39, 0.29) is 22.5 Å². The molecule has 0 spiro atoms. The van der Waals surface area contributed by atoms with Gasteiger partial charge >= 0.3 is 0 Å². The van der Waals surface area contributed by atoms with Crippen LogP contribution in [0.5, 0.6) is 0 Å². The van der Waals surface area contributed by atoms with E-state index in [4.69, 9.17) is 0 Å². The zero-order chi connectivity index (χ0) is 10.1. The molecule has 0 aromatic rings. The molecule has 4 nitrogen and oxygen atoms in total. The fraction of sp³-hybridized carbons (Fsp3) is 1.00. The number of rotatable bonds is 3. The second-order valence-corrected chi connectivity index (χ2v) is 9.85. The molecule has 1 saturated heterocycles. The summed E-state index contributed by atoms with van der Waals surface area (Å²) < 4.78 is 44.3. The maximum atomic E-state index is 11.1. The van der Waals surface area contributed by atoms with Crippen molar-refractivity contribution in [2.75, 3.05) is 17.3 Å². The largest absolute Gasteiger partial charge is 0.229 e. The summed E-state index contributed by atoms with van der Waals surface area (Å²) in [5.74, 6) is 0.203. The molecule has 1 fully saturated rings. The van der Waals surface area contributed by atoms with Gasteiger partial charge in [-0.2, -0.15) is 0 Å². The molecular formula is C6H12O4S3. The van der Waals surface area contributed by atoms with Crippen molar-refractivity contribution in [1.29, 1.82) is 0 Å². The smallest absolute Gasteiger partial charge is 0.201 e. The second kappa shape index (κ2) is 3.78. The van der Waals surface area contributed by atoms with Crippen LogP contribution in [-0.2, 0) is 18.7 Å². The van der Waals surface area contributed by atoms with E-state index in [0.29, 0.717) is 6.42 Å². The van der Waals surface area contributed by atoms with Crippen LogP contribution in [-0.4, -0.2) is 39.3 Å². The van der Waals surface area contributed by atoms with Crippen LogP contribution in [0.4, 0.5) is 0 Å². The highest BCUT2D eigenvalue weighted by Crippen LogP contribution is 2.28. The molecule has 1 heterocycles. The third-order valence-electron chi connectivity index (χ3n) is 1.83. The summed E-state index contributed by atoms with van der Waals surface area (Å²) in [5, 5.41) is -0.255. The van der Waals surface area contributed by atoms with Crippen molar-refractivity contribution < 1.29 is 16.8 Å². The maximum absolute atomic E-state index is 11.1. The number of hydrogen-bond donors (Lipinski definition) is 0. The summed E-state index contributed by atoms with van der Waals surface area (Å²) in [4.78, 5) is 0. The van der Waals surface area contributed by atoms with Gasteiger partial charge in [0.25, 0.3) is 0 Å². The fourth-order valence-electron chi connectivity index (χ4n) is 1.11. The third kappa shape index (κ3) is 3.47. The third-order valence-corrected chi connectivity index (χ3v) is 7.88. The normalized spacial score (nSPS) is 27.6. The first-order valence-electron chi connectivity index (χ1n) is 3.96. The zero-order valence-corrected chi connectivity index (χ0v) is 9.71. The number of hydrogen-bond acceptors (Lipinski definition) is 5. The zero-order valence-electron chi connectivity index (χ0n) is 7.26. The Balaban J connectivity index is 2.60. The molecule has 1 rings (SSSR count). The minimum Gasteiger partial charge on any atom is -0.229 e. The first kappa shape index (κ1) is 11.3. The van der Waals surface area contributed by atoms with Gasteiger partial charge in [0.05, 0.1) is 17.3 Å². The van der Waals surface area contributed by atoms with Crippen LogP contribution < -0.4 is 0 Å². The van der Waals surface area contributed by atoms with Gasteiger partial charge in [-0.3, -0.25) is 0 Å². The van der Waals surface area contributed by atoms with E-state index >= 15 is 0 Å². The molecule has 0 aromatic heterocycles. The van der Waals surface area contributed by atoms with Crippen molar-refractivity contribution in [3.8, 4) is 0 Å². The summed E-state index contributed by atoms with van der Waals surface area (Å²) in [5.41, 5.74) is 0. The molecule has 0 bridgehead atoms. The van der Waals surface area contributed by atoms with Crippen LogP contribution in [0.15, 0.2) is 0 Å². The SMILES string of the molecule is CCS(=O)(=O)SC1CCS(=O)(=O)C1. The molecule has 1 aliphatic rings. The molecule has 0 amide bonds. The topological polar surface area (TPSA) is 68.3 Å². The minimum atomic E-state index is -3.10.